The number of fused-ring (bicyclic) bond motifs is 6. The van der Waals surface area contributed by atoms with Crippen LogP contribution in [0.5, 0.6) is 0 Å². The fourth-order valence-corrected chi connectivity index (χ4v) is 5.95. The van der Waals surface area contributed by atoms with E-state index in [4.69, 9.17) is 4.42 Å². The van der Waals surface area contributed by atoms with Crippen LogP contribution in [0.15, 0.2) is 132 Å². The highest BCUT2D eigenvalue weighted by Gasteiger charge is 2.18. The molecule has 40 heavy (non-hydrogen) atoms. The molecular formula is C36H21N3O. The largest absolute Gasteiger partial charge is 0.456 e. The predicted molar refractivity (Wildman–Crippen MR) is 161 cm³/mol. The lowest BCUT2D eigenvalue weighted by Crippen LogP contribution is -1.97. The van der Waals surface area contributed by atoms with Crippen LogP contribution >= 0.6 is 0 Å². The minimum atomic E-state index is 0.562. The van der Waals surface area contributed by atoms with Crippen LogP contribution in [0.2, 0.25) is 0 Å². The average Bonchev–Trinajstić information content (AvgIpc) is 3.55. The van der Waals surface area contributed by atoms with Crippen molar-refractivity contribution in [3.63, 3.8) is 0 Å². The van der Waals surface area contributed by atoms with Crippen molar-refractivity contribution in [1.82, 2.24) is 9.55 Å². The number of nitrogens with zero attached hydrogens (tertiary/aromatic N) is 3. The van der Waals surface area contributed by atoms with E-state index in [-0.39, 0.29) is 0 Å². The van der Waals surface area contributed by atoms with Crippen LogP contribution in [0, 0.1) is 11.3 Å². The van der Waals surface area contributed by atoms with Gasteiger partial charge in [-0.3, -0.25) is 4.98 Å². The summed E-state index contributed by atoms with van der Waals surface area (Å²) >= 11 is 0. The second-order valence-electron chi connectivity index (χ2n) is 9.95. The Morgan fingerprint density at radius 1 is 0.600 bits per heavy atom. The van der Waals surface area contributed by atoms with E-state index in [0.29, 0.717) is 5.56 Å². The van der Waals surface area contributed by atoms with Crippen molar-refractivity contribution in [2.24, 2.45) is 0 Å². The SMILES string of the molecule is N#Cc1cnccc1-c1cccc(-c2ccccc2-n2c3ccccc3c3cc4oc5ccccc5c4cc32)c1. The molecule has 3 heterocycles. The van der Waals surface area contributed by atoms with Crippen molar-refractivity contribution < 1.29 is 4.42 Å². The first-order chi connectivity index (χ1) is 19.8. The van der Waals surface area contributed by atoms with Crippen molar-refractivity contribution >= 4 is 43.7 Å². The van der Waals surface area contributed by atoms with E-state index >= 15 is 0 Å². The maximum absolute atomic E-state index is 9.66. The molecule has 8 rings (SSSR count). The van der Waals surface area contributed by atoms with Gasteiger partial charge in [0.2, 0.25) is 0 Å². The van der Waals surface area contributed by atoms with E-state index in [1.165, 1.54) is 5.39 Å². The molecule has 0 unspecified atom stereocenters. The first-order valence-corrected chi connectivity index (χ1v) is 13.2. The van der Waals surface area contributed by atoms with E-state index in [9.17, 15) is 5.26 Å². The number of furan rings is 1. The van der Waals surface area contributed by atoms with Crippen LogP contribution in [-0.2, 0) is 0 Å². The fraction of sp³-hybridized carbons (Fsp3) is 0. The van der Waals surface area contributed by atoms with Gasteiger partial charge >= 0.3 is 0 Å². The third-order valence-corrected chi connectivity index (χ3v) is 7.74. The highest BCUT2D eigenvalue weighted by molar-refractivity contribution is 6.17. The third kappa shape index (κ3) is 3.28. The standard InChI is InChI=1S/C36H21N3O/c37-21-25-22-38-17-16-26(25)23-8-7-9-24(18-23)27-10-1-4-13-32(27)39-33-14-5-2-11-28(33)30-20-36-31(19-34(30)39)29-12-3-6-15-35(29)40-36/h1-20,22H. The molecule has 0 bridgehead atoms. The molecule has 0 saturated heterocycles. The van der Waals surface area contributed by atoms with Crippen molar-refractivity contribution in [2.75, 3.05) is 0 Å². The Morgan fingerprint density at radius 2 is 1.38 bits per heavy atom. The van der Waals surface area contributed by atoms with Crippen LogP contribution in [0.4, 0.5) is 0 Å². The van der Waals surface area contributed by atoms with Gasteiger partial charge in [-0.1, -0.05) is 72.8 Å². The van der Waals surface area contributed by atoms with Crippen molar-refractivity contribution in [3.8, 4) is 34.0 Å². The zero-order valence-electron chi connectivity index (χ0n) is 21.4. The molecule has 4 heteroatoms. The summed E-state index contributed by atoms with van der Waals surface area (Å²) in [6.45, 7) is 0. The Hall–Kier alpha value is -5.66. The van der Waals surface area contributed by atoms with Gasteiger partial charge in [0.25, 0.3) is 0 Å². The van der Waals surface area contributed by atoms with Gasteiger partial charge < -0.3 is 8.98 Å². The van der Waals surface area contributed by atoms with E-state index in [2.05, 4.69) is 107 Å². The van der Waals surface area contributed by atoms with Gasteiger partial charge in [-0.05, 0) is 53.6 Å². The Bertz CT molecular complexity index is 2300. The van der Waals surface area contributed by atoms with E-state index < -0.39 is 0 Å². The molecule has 5 aromatic carbocycles. The highest BCUT2D eigenvalue weighted by Crippen LogP contribution is 2.40. The molecule has 0 aliphatic carbocycles. The lowest BCUT2D eigenvalue weighted by atomic mass is 9.96. The normalized spacial score (nSPS) is 11.5. The zero-order valence-corrected chi connectivity index (χ0v) is 21.4. The molecule has 0 N–H and O–H groups in total. The summed E-state index contributed by atoms with van der Waals surface area (Å²) in [6, 6.07) is 42.3. The third-order valence-electron chi connectivity index (χ3n) is 7.74. The maximum Gasteiger partial charge on any atom is 0.136 e. The number of pyridine rings is 1. The number of hydrogen-bond acceptors (Lipinski definition) is 3. The summed E-state index contributed by atoms with van der Waals surface area (Å²) in [6.07, 6.45) is 3.35. The molecule has 0 atom stereocenters. The van der Waals surface area contributed by atoms with Crippen molar-refractivity contribution in [3.05, 3.63) is 133 Å². The zero-order chi connectivity index (χ0) is 26.6. The molecule has 4 nitrogen and oxygen atoms in total. The van der Waals surface area contributed by atoms with E-state index in [1.807, 2.05) is 24.3 Å². The first-order valence-electron chi connectivity index (χ1n) is 13.2. The Balaban J connectivity index is 1.42. The molecule has 0 aliphatic heterocycles. The summed E-state index contributed by atoms with van der Waals surface area (Å²) in [5, 5.41) is 14.2. The Morgan fingerprint density at radius 3 is 2.27 bits per heavy atom. The van der Waals surface area contributed by atoms with Gasteiger partial charge in [0, 0.05) is 45.1 Å². The van der Waals surface area contributed by atoms with Crippen LogP contribution in [0.25, 0.3) is 71.7 Å². The number of para-hydroxylation sites is 3. The molecule has 3 aromatic heterocycles. The number of hydrogen-bond donors (Lipinski definition) is 0. The molecular weight excluding hydrogens is 490 g/mol. The minimum Gasteiger partial charge on any atom is -0.456 e. The van der Waals surface area contributed by atoms with Crippen LogP contribution in [0.1, 0.15) is 5.56 Å². The number of rotatable bonds is 3. The molecule has 0 saturated carbocycles. The van der Waals surface area contributed by atoms with Crippen LogP contribution < -0.4 is 0 Å². The fourth-order valence-electron chi connectivity index (χ4n) is 5.95. The second-order valence-corrected chi connectivity index (χ2v) is 9.95. The summed E-state index contributed by atoms with van der Waals surface area (Å²) in [5.41, 5.74) is 9.76. The summed E-state index contributed by atoms with van der Waals surface area (Å²) in [7, 11) is 0. The molecule has 0 fully saturated rings. The number of benzene rings is 5. The molecule has 0 spiro atoms. The molecule has 0 aliphatic rings. The molecule has 0 radical (unpaired) electrons. The van der Waals surface area contributed by atoms with E-state index in [1.54, 1.807) is 12.4 Å². The van der Waals surface area contributed by atoms with Crippen LogP contribution in [-0.4, -0.2) is 9.55 Å². The lowest BCUT2D eigenvalue weighted by Gasteiger charge is -2.15. The summed E-state index contributed by atoms with van der Waals surface area (Å²) in [4.78, 5) is 4.13. The molecule has 0 amide bonds. The second kappa shape index (κ2) is 8.69. The monoisotopic (exact) mass is 511 g/mol. The van der Waals surface area contributed by atoms with Gasteiger partial charge in [0.15, 0.2) is 0 Å². The summed E-state index contributed by atoms with van der Waals surface area (Å²) in [5.74, 6) is 0. The Kier molecular flexibility index (Phi) is 4.85. The predicted octanol–water partition coefficient (Wildman–Crippen LogP) is 9.28. The number of nitriles is 1. The molecule has 186 valence electrons. The average molecular weight is 512 g/mol. The van der Waals surface area contributed by atoms with Gasteiger partial charge in [-0.25, -0.2) is 0 Å². The van der Waals surface area contributed by atoms with Gasteiger partial charge in [-0.2, -0.15) is 5.26 Å². The molecule has 8 aromatic rings. The van der Waals surface area contributed by atoms with Gasteiger partial charge in [0.05, 0.1) is 22.3 Å². The van der Waals surface area contributed by atoms with E-state index in [0.717, 1.165) is 66.3 Å². The minimum absolute atomic E-state index is 0.562. The van der Waals surface area contributed by atoms with Crippen molar-refractivity contribution in [1.29, 1.82) is 5.26 Å². The Labute approximate surface area is 230 Å². The first kappa shape index (κ1) is 22.3. The number of aromatic nitrogens is 2. The van der Waals surface area contributed by atoms with Crippen LogP contribution in [0.3, 0.4) is 0 Å². The smallest absolute Gasteiger partial charge is 0.136 e. The van der Waals surface area contributed by atoms with Crippen molar-refractivity contribution in [2.45, 2.75) is 0 Å². The quantitative estimate of drug-likeness (QED) is 0.237. The lowest BCUT2D eigenvalue weighted by molar-refractivity contribution is 0.669. The highest BCUT2D eigenvalue weighted by atomic mass is 16.3. The topological polar surface area (TPSA) is 54.8 Å². The van der Waals surface area contributed by atoms with Gasteiger partial charge in [0.1, 0.15) is 17.2 Å². The summed E-state index contributed by atoms with van der Waals surface area (Å²) < 4.78 is 8.62. The maximum atomic E-state index is 9.66. The van der Waals surface area contributed by atoms with Gasteiger partial charge in [-0.15, -0.1) is 0 Å².